The topological polar surface area (TPSA) is 99.6 Å². The second-order valence-electron chi connectivity index (χ2n) is 6.33. The molecule has 0 aliphatic heterocycles. The summed E-state index contributed by atoms with van der Waals surface area (Å²) in [5, 5.41) is 11.6. The van der Waals surface area contributed by atoms with Crippen molar-refractivity contribution in [3.05, 3.63) is 59.9 Å². The summed E-state index contributed by atoms with van der Waals surface area (Å²) in [7, 11) is 3.15. The standard InChI is InChI=1S/C21H19N3O5/c1-26-18-8-7-13(9-20(18)27-2)19-10-14(23-29-19)12-22-21(25)11-16-15-5-3-4-6-17(15)28-24-16/h3-10H,11-12H2,1-2H3,(H,22,25). The Morgan fingerprint density at radius 3 is 2.66 bits per heavy atom. The fraction of sp³-hybridized carbons (Fsp3) is 0.190. The van der Waals surface area contributed by atoms with Gasteiger partial charge in [0.2, 0.25) is 5.91 Å². The number of benzene rings is 2. The van der Waals surface area contributed by atoms with Gasteiger partial charge in [-0.1, -0.05) is 22.4 Å². The van der Waals surface area contributed by atoms with Crippen LogP contribution in [0.1, 0.15) is 11.4 Å². The molecule has 0 fully saturated rings. The average Bonchev–Trinajstić information content (AvgIpc) is 3.39. The van der Waals surface area contributed by atoms with E-state index in [1.165, 1.54) is 0 Å². The number of nitrogens with zero attached hydrogens (tertiary/aromatic N) is 2. The van der Waals surface area contributed by atoms with E-state index in [4.69, 9.17) is 18.5 Å². The molecule has 29 heavy (non-hydrogen) atoms. The monoisotopic (exact) mass is 393 g/mol. The SMILES string of the molecule is COc1ccc(-c2cc(CNC(=O)Cc3noc4ccccc34)no2)cc1OC. The Hall–Kier alpha value is -3.81. The van der Waals surface area contributed by atoms with Gasteiger partial charge in [-0.2, -0.15) is 0 Å². The predicted molar refractivity (Wildman–Crippen MR) is 105 cm³/mol. The molecule has 4 aromatic rings. The van der Waals surface area contributed by atoms with E-state index in [2.05, 4.69) is 15.6 Å². The van der Waals surface area contributed by atoms with Crippen LogP contribution in [0, 0.1) is 0 Å². The van der Waals surface area contributed by atoms with Gasteiger partial charge in [0.25, 0.3) is 0 Å². The molecule has 0 radical (unpaired) electrons. The molecule has 0 spiro atoms. The van der Waals surface area contributed by atoms with Crippen LogP contribution in [0.3, 0.4) is 0 Å². The summed E-state index contributed by atoms with van der Waals surface area (Å²) in [6.45, 7) is 0.241. The van der Waals surface area contributed by atoms with Crippen molar-refractivity contribution in [2.75, 3.05) is 14.2 Å². The van der Waals surface area contributed by atoms with Gasteiger partial charge >= 0.3 is 0 Å². The lowest BCUT2D eigenvalue weighted by Gasteiger charge is -2.07. The Labute approximate surface area is 166 Å². The zero-order valence-electron chi connectivity index (χ0n) is 16.0. The molecule has 2 heterocycles. The maximum Gasteiger partial charge on any atom is 0.226 e. The van der Waals surface area contributed by atoms with Crippen LogP contribution in [0.4, 0.5) is 0 Å². The van der Waals surface area contributed by atoms with E-state index in [1.807, 2.05) is 30.3 Å². The molecule has 1 amide bonds. The molecule has 8 heteroatoms. The summed E-state index contributed by atoms with van der Waals surface area (Å²) in [4.78, 5) is 12.3. The first kappa shape index (κ1) is 18.5. The number of ether oxygens (including phenoxy) is 2. The van der Waals surface area contributed by atoms with E-state index in [1.54, 1.807) is 32.4 Å². The molecule has 148 valence electrons. The largest absolute Gasteiger partial charge is 0.493 e. The number of hydrogen-bond donors (Lipinski definition) is 1. The Bertz CT molecular complexity index is 1150. The average molecular weight is 393 g/mol. The number of para-hydroxylation sites is 1. The molecule has 1 N–H and O–H groups in total. The number of carbonyl (C=O) groups is 1. The number of methoxy groups -OCH3 is 2. The fourth-order valence-corrected chi connectivity index (χ4v) is 2.99. The highest BCUT2D eigenvalue weighted by atomic mass is 16.5. The molecule has 0 unspecified atom stereocenters. The minimum absolute atomic E-state index is 0.122. The number of fused-ring (bicyclic) bond motifs is 1. The van der Waals surface area contributed by atoms with Gasteiger partial charge in [0.1, 0.15) is 11.4 Å². The third kappa shape index (κ3) is 3.91. The fourth-order valence-electron chi connectivity index (χ4n) is 2.99. The smallest absolute Gasteiger partial charge is 0.226 e. The van der Waals surface area contributed by atoms with Crippen molar-refractivity contribution < 1.29 is 23.3 Å². The van der Waals surface area contributed by atoms with E-state index in [-0.39, 0.29) is 18.9 Å². The number of carbonyl (C=O) groups excluding carboxylic acids is 1. The van der Waals surface area contributed by atoms with Crippen molar-refractivity contribution in [2.24, 2.45) is 0 Å². The Balaban J connectivity index is 1.40. The van der Waals surface area contributed by atoms with Crippen LogP contribution in [0.25, 0.3) is 22.3 Å². The molecule has 2 aromatic heterocycles. The third-order valence-electron chi connectivity index (χ3n) is 4.47. The maximum absolute atomic E-state index is 12.3. The highest BCUT2D eigenvalue weighted by molar-refractivity contribution is 5.86. The molecule has 0 saturated carbocycles. The molecule has 0 bridgehead atoms. The summed E-state index contributed by atoms with van der Waals surface area (Å²) in [5.74, 6) is 1.61. The van der Waals surface area contributed by atoms with E-state index in [0.717, 1.165) is 10.9 Å². The predicted octanol–water partition coefficient (Wildman–Crippen LogP) is 3.36. The normalized spacial score (nSPS) is 10.8. The second kappa shape index (κ2) is 8.05. The van der Waals surface area contributed by atoms with Crippen molar-refractivity contribution in [1.29, 1.82) is 0 Å². The van der Waals surface area contributed by atoms with E-state index < -0.39 is 0 Å². The van der Waals surface area contributed by atoms with Crippen LogP contribution in [-0.4, -0.2) is 30.4 Å². The Morgan fingerprint density at radius 1 is 1.00 bits per heavy atom. The molecule has 8 nitrogen and oxygen atoms in total. The molecular formula is C21H19N3O5. The van der Waals surface area contributed by atoms with Gasteiger partial charge in [-0.25, -0.2) is 0 Å². The summed E-state index contributed by atoms with van der Waals surface area (Å²) in [6, 6.07) is 14.6. The Morgan fingerprint density at radius 2 is 1.83 bits per heavy atom. The molecule has 0 aliphatic rings. The number of aromatic nitrogens is 2. The number of rotatable bonds is 7. The van der Waals surface area contributed by atoms with Crippen molar-refractivity contribution in [2.45, 2.75) is 13.0 Å². The minimum Gasteiger partial charge on any atom is -0.493 e. The van der Waals surface area contributed by atoms with Crippen LogP contribution in [-0.2, 0) is 17.8 Å². The lowest BCUT2D eigenvalue weighted by molar-refractivity contribution is -0.120. The van der Waals surface area contributed by atoms with Gasteiger partial charge in [-0.05, 0) is 30.3 Å². The molecule has 0 saturated heterocycles. The zero-order chi connectivity index (χ0) is 20.2. The lowest BCUT2D eigenvalue weighted by Crippen LogP contribution is -2.24. The summed E-state index contributed by atoms with van der Waals surface area (Å²) in [5.41, 5.74) is 2.66. The van der Waals surface area contributed by atoms with Gasteiger partial charge in [0.05, 0.1) is 27.2 Å². The molecule has 0 aliphatic carbocycles. The highest BCUT2D eigenvalue weighted by Gasteiger charge is 2.14. The summed E-state index contributed by atoms with van der Waals surface area (Å²) in [6.07, 6.45) is 0.122. The van der Waals surface area contributed by atoms with Crippen molar-refractivity contribution >= 4 is 16.9 Å². The molecule has 4 rings (SSSR count). The third-order valence-corrected chi connectivity index (χ3v) is 4.47. The molecule has 2 aromatic carbocycles. The maximum atomic E-state index is 12.3. The van der Waals surface area contributed by atoms with Crippen LogP contribution >= 0.6 is 0 Å². The van der Waals surface area contributed by atoms with Gasteiger partial charge in [-0.15, -0.1) is 0 Å². The first-order chi connectivity index (χ1) is 14.2. The second-order valence-corrected chi connectivity index (χ2v) is 6.33. The van der Waals surface area contributed by atoms with E-state index in [9.17, 15) is 4.79 Å². The lowest BCUT2D eigenvalue weighted by atomic mass is 10.1. The first-order valence-electron chi connectivity index (χ1n) is 8.96. The molecular weight excluding hydrogens is 374 g/mol. The highest BCUT2D eigenvalue weighted by Crippen LogP contribution is 2.32. The summed E-state index contributed by atoms with van der Waals surface area (Å²) >= 11 is 0. The summed E-state index contributed by atoms with van der Waals surface area (Å²) < 4.78 is 21.2. The van der Waals surface area contributed by atoms with Crippen molar-refractivity contribution in [3.63, 3.8) is 0 Å². The van der Waals surface area contributed by atoms with Crippen molar-refractivity contribution in [3.8, 4) is 22.8 Å². The number of nitrogens with one attached hydrogen (secondary N) is 1. The minimum atomic E-state index is -0.181. The number of amides is 1. The first-order valence-corrected chi connectivity index (χ1v) is 8.96. The Kier molecular flexibility index (Phi) is 5.15. The van der Waals surface area contributed by atoms with Crippen molar-refractivity contribution in [1.82, 2.24) is 15.6 Å². The van der Waals surface area contributed by atoms with Gasteiger partial charge in [0.15, 0.2) is 22.8 Å². The van der Waals surface area contributed by atoms with E-state index >= 15 is 0 Å². The van der Waals surface area contributed by atoms with Crippen LogP contribution in [0.2, 0.25) is 0 Å². The van der Waals surface area contributed by atoms with Gasteiger partial charge in [0, 0.05) is 17.0 Å². The van der Waals surface area contributed by atoms with Crippen LogP contribution in [0.15, 0.2) is 57.6 Å². The van der Waals surface area contributed by atoms with Crippen LogP contribution < -0.4 is 14.8 Å². The van der Waals surface area contributed by atoms with Gasteiger partial charge < -0.3 is 23.8 Å². The van der Waals surface area contributed by atoms with Crippen LogP contribution in [0.5, 0.6) is 11.5 Å². The van der Waals surface area contributed by atoms with E-state index in [0.29, 0.717) is 34.2 Å². The quantitative estimate of drug-likeness (QED) is 0.514. The molecule has 0 atom stereocenters. The number of hydrogen-bond acceptors (Lipinski definition) is 7. The zero-order valence-corrected chi connectivity index (χ0v) is 16.0. The van der Waals surface area contributed by atoms with Gasteiger partial charge in [-0.3, -0.25) is 4.79 Å².